The van der Waals surface area contributed by atoms with Gasteiger partial charge in [0.15, 0.2) is 0 Å². The lowest BCUT2D eigenvalue weighted by molar-refractivity contribution is -0.121. The summed E-state index contributed by atoms with van der Waals surface area (Å²) in [7, 11) is 1.58. The third-order valence-corrected chi connectivity index (χ3v) is 1.43. The van der Waals surface area contributed by atoms with Gasteiger partial charge in [0.25, 0.3) is 0 Å². The van der Waals surface area contributed by atoms with Crippen LogP contribution in [0, 0.1) is 0 Å². The number of urea groups is 1. The van der Waals surface area contributed by atoms with E-state index < -0.39 is 0 Å². The fourth-order valence-corrected chi connectivity index (χ4v) is 0.826. The number of nitrogens with one attached hydrogen (secondary N) is 2. The summed E-state index contributed by atoms with van der Waals surface area (Å²) in [5, 5.41) is 5.21. The smallest absolute Gasteiger partial charge is 0.317 e. The van der Waals surface area contributed by atoms with Crippen molar-refractivity contribution in [2.24, 2.45) is 0 Å². The van der Waals surface area contributed by atoms with Gasteiger partial charge < -0.3 is 15.5 Å². The molecule has 0 aromatic rings. The first-order valence-electron chi connectivity index (χ1n) is 4.37. The zero-order valence-corrected chi connectivity index (χ0v) is 8.39. The molecule has 0 aromatic heterocycles. The molecule has 0 unspecified atom stereocenters. The Morgan fingerprint density at radius 2 is 1.69 bits per heavy atom. The summed E-state index contributed by atoms with van der Waals surface area (Å²) >= 11 is 0. The van der Waals surface area contributed by atoms with Gasteiger partial charge >= 0.3 is 6.03 Å². The molecule has 0 saturated heterocycles. The largest absolute Gasteiger partial charge is 0.355 e. The maximum absolute atomic E-state index is 11.1. The maximum Gasteiger partial charge on any atom is 0.317 e. The topological polar surface area (TPSA) is 61.4 Å². The molecular weight excluding hydrogens is 170 g/mol. The average molecular weight is 187 g/mol. The van der Waals surface area contributed by atoms with Gasteiger partial charge in [0.05, 0.1) is 0 Å². The minimum absolute atomic E-state index is 0.0969. The molecule has 3 amide bonds. The zero-order valence-electron chi connectivity index (χ0n) is 8.39. The van der Waals surface area contributed by atoms with Crippen LogP contribution in [0.4, 0.5) is 4.79 Å². The first-order chi connectivity index (χ1) is 6.11. The molecule has 0 radical (unpaired) electrons. The van der Waals surface area contributed by atoms with E-state index in [1.54, 1.807) is 7.05 Å². The van der Waals surface area contributed by atoms with E-state index in [4.69, 9.17) is 0 Å². The highest BCUT2D eigenvalue weighted by Gasteiger charge is 2.10. The van der Waals surface area contributed by atoms with Crippen LogP contribution in [0.15, 0.2) is 0 Å². The second-order valence-corrected chi connectivity index (χ2v) is 2.65. The normalized spacial score (nSPS) is 9.15. The first-order valence-corrected chi connectivity index (χ1v) is 4.37. The molecular formula is C8H17N3O2. The number of likely N-dealkylation sites (N-methyl/N-ethyl adjacent to an activating group) is 2. The summed E-state index contributed by atoms with van der Waals surface area (Å²) in [6, 6.07) is -0.228. The zero-order chi connectivity index (χ0) is 10.3. The standard InChI is InChI=1S/C8H17N3O2/c1-4-9-7(12)6-11(3)8(13)10-5-2/h4-6H2,1-3H3,(H,9,12)(H,10,13). The molecule has 0 heterocycles. The van der Waals surface area contributed by atoms with Gasteiger partial charge in [-0.15, -0.1) is 0 Å². The van der Waals surface area contributed by atoms with Crippen LogP contribution < -0.4 is 10.6 Å². The molecule has 5 nitrogen and oxygen atoms in total. The van der Waals surface area contributed by atoms with Gasteiger partial charge in [-0.1, -0.05) is 0 Å². The summed E-state index contributed by atoms with van der Waals surface area (Å²) in [6.07, 6.45) is 0. The fourth-order valence-electron chi connectivity index (χ4n) is 0.826. The quantitative estimate of drug-likeness (QED) is 0.639. The number of rotatable bonds is 4. The Morgan fingerprint density at radius 1 is 1.15 bits per heavy atom. The number of hydrogen-bond donors (Lipinski definition) is 2. The van der Waals surface area contributed by atoms with E-state index in [0.29, 0.717) is 13.1 Å². The van der Waals surface area contributed by atoms with Crippen LogP contribution in [-0.2, 0) is 4.79 Å². The van der Waals surface area contributed by atoms with Crippen molar-refractivity contribution < 1.29 is 9.59 Å². The Morgan fingerprint density at radius 3 is 2.15 bits per heavy atom. The highest BCUT2D eigenvalue weighted by atomic mass is 16.2. The van der Waals surface area contributed by atoms with Crippen LogP contribution in [-0.4, -0.2) is 43.5 Å². The van der Waals surface area contributed by atoms with Gasteiger partial charge in [-0.25, -0.2) is 4.79 Å². The SMILES string of the molecule is CCNC(=O)CN(C)C(=O)NCC. The summed E-state index contributed by atoms with van der Waals surface area (Å²) in [6.45, 7) is 4.92. The second kappa shape index (κ2) is 6.28. The van der Waals surface area contributed by atoms with Crippen molar-refractivity contribution >= 4 is 11.9 Å². The van der Waals surface area contributed by atoms with Crippen molar-refractivity contribution in [3.63, 3.8) is 0 Å². The van der Waals surface area contributed by atoms with Crippen LogP contribution in [0.2, 0.25) is 0 Å². The van der Waals surface area contributed by atoms with Gasteiger partial charge in [0.2, 0.25) is 5.91 Å². The minimum atomic E-state index is -0.228. The molecule has 0 bridgehead atoms. The van der Waals surface area contributed by atoms with Crippen LogP contribution in [0.25, 0.3) is 0 Å². The molecule has 0 aliphatic heterocycles. The average Bonchev–Trinajstić information content (AvgIpc) is 2.05. The van der Waals surface area contributed by atoms with Crippen molar-refractivity contribution in [2.75, 3.05) is 26.7 Å². The molecule has 2 N–H and O–H groups in total. The molecule has 0 atom stereocenters. The lowest BCUT2D eigenvalue weighted by atomic mass is 10.5. The minimum Gasteiger partial charge on any atom is -0.355 e. The van der Waals surface area contributed by atoms with Crippen LogP contribution in [0.1, 0.15) is 13.8 Å². The summed E-state index contributed by atoms with van der Waals surface area (Å²) in [5.41, 5.74) is 0. The first kappa shape index (κ1) is 11.7. The molecule has 13 heavy (non-hydrogen) atoms. The van der Waals surface area contributed by atoms with Crippen molar-refractivity contribution in [3.05, 3.63) is 0 Å². The Bertz CT molecular complexity index is 182. The number of nitrogens with zero attached hydrogens (tertiary/aromatic N) is 1. The van der Waals surface area contributed by atoms with Crippen LogP contribution in [0.5, 0.6) is 0 Å². The number of carbonyl (C=O) groups is 2. The number of hydrogen-bond acceptors (Lipinski definition) is 2. The lowest BCUT2D eigenvalue weighted by Gasteiger charge is -2.16. The van der Waals surface area contributed by atoms with E-state index >= 15 is 0 Å². The highest BCUT2D eigenvalue weighted by Crippen LogP contribution is 1.83. The molecule has 0 aliphatic rings. The van der Waals surface area contributed by atoms with E-state index in [0.717, 1.165) is 0 Å². The predicted octanol–water partition coefficient (Wildman–Crippen LogP) is -0.216. The molecule has 0 spiro atoms. The summed E-state index contributed by atoms with van der Waals surface area (Å²) in [4.78, 5) is 23.5. The molecule has 0 saturated carbocycles. The summed E-state index contributed by atoms with van der Waals surface area (Å²) < 4.78 is 0. The number of amides is 3. The van der Waals surface area contributed by atoms with Gasteiger partial charge in [0.1, 0.15) is 6.54 Å². The second-order valence-electron chi connectivity index (χ2n) is 2.65. The van der Waals surface area contributed by atoms with Gasteiger partial charge in [-0.2, -0.15) is 0 Å². The predicted molar refractivity (Wildman–Crippen MR) is 50.4 cm³/mol. The van der Waals surface area contributed by atoms with E-state index in [2.05, 4.69) is 10.6 Å². The Hall–Kier alpha value is -1.26. The molecule has 0 aromatic carbocycles. The van der Waals surface area contributed by atoms with E-state index in [1.165, 1.54) is 4.90 Å². The molecule has 0 fully saturated rings. The van der Waals surface area contributed by atoms with Crippen LogP contribution in [0.3, 0.4) is 0 Å². The van der Waals surface area contributed by atoms with E-state index in [-0.39, 0.29) is 18.5 Å². The Kier molecular flexibility index (Phi) is 5.67. The lowest BCUT2D eigenvalue weighted by Crippen LogP contribution is -2.43. The van der Waals surface area contributed by atoms with Gasteiger partial charge in [-0.3, -0.25) is 4.79 Å². The van der Waals surface area contributed by atoms with Gasteiger partial charge in [0, 0.05) is 20.1 Å². The third-order valence-electron chi connectivity index (χ3n) is 1.43. The molecule has 5 heteroatoms. The fraction of sp³-hybridized carbons (Fsp3) is 0.750. The molecule has 0 aliphatic carbocycles. The van der Waals surface area contributed by atoms with Gasteiger partial charge in [-0.05, 0) is 13.8 Å². The monoisotopic (exact) mass is 187 g/mol. The van der Waals surface area contributed by atoms with Crippen LogP contribution >= 0.6 is 0 Å². The van der Waals surface area contributed by atoms with E-state index in [9.17, 15) is 9.59 Å². The third kappa shape index (κ3) is 5.05. The number of carbonyl (C=O) groups excluding carboxylic acids is 2. The summed E-state index contributed by atoms with van der Waals surface area (Å²) in [5.74, 6) is -0.142. The van der Waals surface area contributed by atoms with Crippen molar-refractivity contribution in [1.29, 1.82) is 0 Å². The van der Waals surface area contributed by atoms with E-state index in [1.807, 2.05) is 13.8 Å². The Labute approximate surface area is 78.5 Å². The maximum atomic E-state index is 11.1. The van der Waals surface area contributed by atoms with Crippen molar-refractivity contribution in [3.8, 4) is 0 Å². The molecule has 76 valence electrons. The highest BCUT2D eigenvalue weighted by molar-refractivity contribution is 5.83. The van der Waals surface area contributed by atoms with Crippen molar-refractivity contribution in [2.45, 2.75) is 13.8 Å². The molecule has 0 rings (SSSR count). The Balaban J connectivity index is 3.78. The van der Waals surface area contributed by atoms with Crippen molar-refractivity contribution in [1.82, 2.24) is 15.5 Å².